The number of hydrogen-bond donors (Lipinski definition) is 4. The van der Waals surface area contributed by atoms with E-state index in [1.165, 1.54) is 72.8 Å². The topological polar surface area (TPSA) is 217 Å². The first-order valence-corrected chi connectivity index (χ1v) is 22.2. The molecule has 0 heterocycles. The van der Waals surface area contributed by atoms with E-state index in [-0.39, 0.29) is 27.6 Å². The van der Waals surface area contributed by atoms with Crippen molar-refractivity contribution in [2.45, 2.75) is 51.2 Å². The summed E-state index contributed by atoms with van der Waals surface area (Å²) < 4.78 is 140. The molecule has 4 rings (SSSR count). The molecule has 0 amide bonds. The highest BCUT2D eigenvalue weighted by Gasteiger charge is 2.36. The Hall–Kier alpha value is -2.62. The van der Waals surface area contributed by atoms with Crippen molar-refractivity contribution in [1.82, 2.24) is 0 Å². The average molecular weight is 761 g/mol. The predicted molar refractivity (Wildman–Crippen MR) is 181 cm³/mol. The Balaban J connectivity index is 1.98. The van der Waals surface area contributed by atoms with Crippen molar-refractivity contribution in [3.63, 3.8) is 0 Å². The van der Waals surface area contributed by atoms with Gasteiger partial charge in [0.05, 0.1) is 0 Å². The lowest BCUT2D eigenvalue weighted by Crippen LogP contribution is -2.31. The highest BCUT2D eigenvalue weighted by Crippen LogP contribution is 2.50. The molecule has 4 aromatic carbocycles. The van der Waals surface area contributed by atoms with Gasteiger partial charge < -0.3 is 0 Å². The zero-order chi connectivity index (χ0) is 34.9. The van der Waals surface area contributed by atoms with E-state index in [4.69, 9.17) is 0 Å². The molecule has 0 aromatic heterocycles. The third-order valence-corrected chi connectivity index (χ3v) is 17.2. The van der Waals surface area contributed by atoms with Crippen LogP contribution in [0.5, 0.6) is 0 Å². The molecule has 0 saturated heterocycles. The summed E-state index contributed by atoms with van der Waals surface area (Å²) in [5, 5.41) is 0.284. The Labute approximate surface area is 276 Å². The van der Waals surface area contributed by atoms with Gasteiger partial charge in [-0.15, -0.1) is 0 Å². The summed E-state index contributed by atoms with van der Waals surface area (Å²) in [5.74, 6) is 0. The molecule has 0 fully saturated rings. The minimum atomic E-state index is -4.82. The number of benzene rings is 4. The molecule has 0 aliphatic heterocycles. The van der Waals surface area contributed by atoms with Crippen LogP contribution in [0.15, 0.2) is 117 Å². The van der Waals surface area contributed by atoms with Crippen LogP contribution in [0.4, 0.5) is 0 Å². The van der Waals surface area contributed by atoms with Crippen LogP contribution in [0.3, 0.4) is 0 Å². The standard InChI is InChI=1S/C29H30O12P2S4/c1-20(42(22-11-3-7-15-26(22)44(30,31)32)23-12-4-8-16-27(23)45(33,34)35)19-21(2)43(24-13-5-9-17-28(24)46(36,37)38)25-14-6-10-18-29(25)47(39,40)41/h3-18,20-21H,19H2,1-2H3,(H,30,31,32)(H,33,34,35)(H,36,37,38)(H,39,40,41). The van der Waals surface area contributed by atoms with E-state index in [0.29, 0.717) is 0 Å². The maximum absolute atomic E-state index is 12.5. The molecule has 0 radical (unpaired) electrons. The van der Waals surface area contributed by atoms with Crippen LogP contribution >= 0.6 is 15.8 Å². The van der Waals surface area contributed by atoms with Gasteiger partial charge in [0.25, 0.3) is 40.5 Å². The molecule has 4 N–H and O–H groups in total. The van der Waals surface area contributed by atoms with Gasteiger partial charge in [-0.05, 0) is 57.8 Å². The van der Waals surface area contributed by atoms with Crippen LogP contribution < -0.4 is 21.2 Å². The average Bonchev–Trinajstić information content (AvgIpc) is 2.96. The third kappa shape index (κ3) is 8.52. The molecule has 0 bridgehead atoms. The van der Waals surface area contributed by atoms with Crippen molar-refractivity contribution in [1.29, 1.82) is 0 Å². The Morgan fingerprint density at radius 2 is 0.617 bits per heavy atom. The molecule has 12 nitrogen and oxygen atoms in total. The van der Waals surface area contributed by atoms with Gasteiger partial charge in [-0.1, -0.05) is 86.6 Å². The molecule has 0 aliphatic rings. The fourth-order valence-electron chi connectivity index (χ4n) is 5.41. The van der Waals surface area contributed by atoms with Gasteiger partial charge in [0.1, 0.15) is 19.6 Å². The quantitative estimate of drug-likeness (QED) is 0.121. The van der Waals surface area contributed by atoms with Crippen molar-refractivity contribution < 1.29 is 51.9 Å². The molecule has 252 valence electrons. The summed E-state index contributed by atoms with van der Waals surface area (Å²) >= 11 is 0. The van der Waals surface area contributed by atoms with E-state index in [9.17, 15) is 51.9 Å². The fourth-order valence-corrected chi connectivity index (χ4v) is 16.2. The second-order valence-electron chi connectivity index (χ2n) is 10.4. The molecule has 0 aliphatic carbocycles. The zero-order valence-corrected chi connectivity index (χ0v) is 29.7. The highest BCUT2D eigenvalue weighted by atomic mass is 32.2. The Morgan fingerprint density at radius 1 is 0.426 bits per heavy atom. The zero-order valence-electron chi connectivity index (χ0n) is 24.7. The van der Waals surface area contributed by atoms with Crippen molar-refractivity contribution in [2.24, 2.45) is 0 Å². The lowest BCUT2D eigenvalue weighted by molar-refractivity contribution is 0.481. The monoisotopic (exact) mass is 760 g/mol. The van der Waals surface area contributed by atoms with Gasteiger partial charge in [0, 0.05) is 21.2 Å². The Morgan fingerprint density at radius 3 is 0.809 bits per heavy atom. The van der Waals surface area contributed by atoms with Crippen LogP contribution in [0, 0.1) is 0 Å². The lowest BCUT2D eigenvalue weighted by Gasteiger charge is -2.33. The van der Waals surface area contributed by atoms with Crippen molar-refractivity contribution in [3.8, 4) is 0 Å². The SMILES string of the molecule is CC(CC(C)P(c1ccccc1S(=O)(=O)O)c1ccccc1S(=O)(=O)O)P(c1ccccc1S(=O)(=O)O)c1ccccc1S(=O)(=O)O. The highest BCUT2D eigenvalue weighted by molar-refractivity contribution is 7.89. The molecule has 0 saturated carbocycles. The van der Waals surface area contributed by atoms with Crippen LogP contribution in [0.1, 0.15) is 20.3 Å². The second kappa shape index (κ2) is 14.1. The largest absolute Gasteiger partial charge is 0.295 e. The maximum Gasteiger partial charge on any atom is 0.295 e. The van der Waals surface area contributed by atoms with E-state index in [1.54, 1.807) is 13.8 Å². The molecular formula is C29H30O12P2S4. The summed E-state index contributed by atoms with van der Waals surface area (Å²) in [4.78, 5) is -1.92. The Bertz CT molecular complexity index is 1930. The summed E-state index contributed by atoms with van der Waals surface area (Å²) in [6.07, 6.45) is 0.0661. The normalized spacial score (nSPS) is 14.3. The van der Waals surface area contributed by atoms with Crippen LogP contribution in [0.2, 0.25) is 0 Å². The summed E-state index contributed by atoms with van der Waals surface area (Å²) in [5.41, 5.74) is -1.35. The molecule has 0 spiro atoms. The molecule has 2 atom stereocenters. The van der Waals surface area contributed by atoms with Gasteiger partial charge in [-0.25, -0.2) is 0 Å². The van der Waals surface area contributed by atoms with Gasteiger partial charge in [0.2, 0.25) is 0 Å². The maximum atomic E-state index is 12.5. The Kier molecular flexibility index (Phi) is 11.1. The first kappa shape index (κ1) is 37.2. The van der Waals surface area contributed by atoms with E-state index in [2.05, 4.69) is 0 Å². The van der Waals surface area contributed by atoms with Crippen LogP contribution in [0.25, 0.3) is 0 Å². The lowest BCUT2D eigenvalue weighted by atomic mass is 10.2. The molecule has 4 aromatic rings. The van der Waals surface area contributed by atoms with Gasteiger partial charge >= 0.3 is 0 Å². The van der Waals surface area contributed by atoms with Crippen LogP contribution in [-0.4, -0.2) is 63.2 Å². The van der Waals surface area contributed by atoms with Crippen molar-refractivity contribution >= 4 is 77.5 Å². The van der Waals surface area contributed by atoms with Crippen molar-refractivity contribution in [3.05, 3.63) is 97.1 Å². The number of rotatable bonds is 12. The molecule has 2 unspecified atom stereocenters. The molecule has 18 heteroatoms. The smallest absolute Gasteiger partial charge is 0.282 e. The summed E-state index contributed by atoms with van der Waals surface area (Å²) in [6, 6.07) is 21.8. The van der Waals surface area contributed by atoms with Gasteiger partial charge in [-0.2, -0.15) is 33.7 Å². The number of hydrogen-bond acceptors (Lipinski definition) is 8. The third-order valence-electron chi connectivity index (χ3n) is 7.17. The summed E-state index contributed by atoms with van der Waals surface area (Å²) in [7, 11) is -23.4. The van der Waals surface area contributed by atoms with Crippen molar-refractivity contribution in [2.75, 3.05) is 0 Å². The van der Waals surface area contributed by atoms with E-state index >= 15 is 0 Å². The minimum absolute atomic E-state index is 0.0661. The van der Waals surface area contributed by atoms with E-state index in [1.807, 2.05) is 0 Å². The predicted octanol–water partition coefficient (Wildman–Crippen LogP) is 3.41. The van der Waals surface area contributed by atoms with Crippen LogP contribution in [-0.2, 0) is 40.5 Å². The van der Waals surface area contributed by atoms with E-state index < -0.39 is 87.2 Å². The molecular weight excluding hydrogens is 731 g/mol. The minimum Gasteiger partial charge on any atom is -0.282 e. The van der Waals surface area contributed by atoms with E-state index in [0.717, 1.165) is 24.3 Å². The fraction of sp³-hybridized carbons (Fsp3) is 0.172. The first-order chi connectivity index (χ1) is 21.7. The molecule has 47 heavy (non-hydrogen) atoms. The first-order valence-electron chi connectivity index (χ1n) is 13.6. The summed E-state index contributed by atoms with van der Waals surface area (Å²) in [6.45, 7) is 3.36. The van der Waals surface area contributed by atoms with Gasteiger partial charge in [-0.3, -0.25) is 18.2 Å². The second-order valence-corrected chi connectivity index (χ2v) is 21.2. The van der Waals surface area contributed by atoms with Gasteiger partial charge in [0.15, 0.2) is 0 Å².